The van der Waals surface area contributed by atoms with Crippen LogP contribution in [0.25, 0.3) is 0 Å². The summed E-state index contributed by atoms with van der Waals surface area (Å²) < 4.78 is 12.2. The Kier molecular flexibility index (Phi) is 4.28. The summed E-state index contributed by atoms with van der Waals surface area (Å²) >= 11 is 0. The van der Waals surface area contributed by atoms with Crippen molar-refractivity contribution in [1.82, 2.24) is 0 Å². The van der Waals surface area contributed by atoms with Crippen molar-refractivity contribution < 1.29 is 14.4 Å². The van der Waals surface area contributed by atoms with Crippen molar-refractivity contribution in [3.05, 3.63) is 29.3 Å². The highest BCUT2D eigenvalue weighted by molar-refractivity contribution is 6.62. The lowest BCUT2D eigenvalue weighted by Gasteiger charge is -2.32. The van der Waals surface area contributed by atoms with Crippen LogP contribution in [-0.4, -0.2) is 30.0 Å². The van der Waals surface area contributed by atoms with Gasteiger partial charge in [0.2, 0.25) is 0 Å². The van der Waals surface area contributed by atoms with Crippen molar-refractivity contribution in [2.45, 2.75) is 58.7 Å². The highest BCUT2D eigenvalue weighted by Crippen LogP contribution is 2.36. The van der Waals surface area contributed by atoms with Crippen LogP contribution in [0.4, 0.5) is 0 Å². The standard InChI is InChI=1S/C16H25BO3/c1-12-11-13(7-6-10-18)8-9-14(12)17-19-15(2,3)16(4,5)20-17/h8-9,11,18H,6-7,10H2,1-5H3. The van der Waals surface area contributed by atoms with E-state index in [1.807, 2.05) is 0 Å². The third-order valence-electron chi connectivity index (χ3n) is 4.46. The molecule has 1 aromatic carbocycles. The molecule has 1 N–H and O–H groups in total. The van der Waals surface area contributed by atoms with E-state index in [-0.39, 0.29) is 24.9 Å². The van der Waals surface area contributed by atoms with Crippen LogP contribution < -0.4 is 5.46 Å². The average molecular weight is 276 g/mol. The molecule has 0 radical (unpaired) electrons. The van der Waals surface area contributed by atoms with Crippen molar-refractivity contribution in [2.75, 3.05) is 6.61 Å². The third kappa shape index (κ3) is 2.92. The molecule has 3 nitrogen and oxygen atoms in total. The van der Waals surface area contributed by atoms with Gasteiger partial charge in [0.1, 0.15) is 0 Å². The molecule has 1 fully saturated rings. The maximum Gasteiger partial charge on any atom is 0.495 e. The molecule has 0 atom stereocenters. The van der Waals surface area contributed by atoms with Gasteiger partial charge in [0.15, 0.2) is 0 Å². The molecule has 110 valence electrons. The van der Waals surface area contributed by atoms with Crippen LogP contribution in [0, 0.1) is 6.92 Å². The molecule has 1 aliphatic heterocycles. The Hall–Kier alpha value is -0.835. The van der Waals surface area contributed by atoms with Gasteiger partial charge < -0.3 is 14.4 Å². The minimum absolute atomic E-state index is 0.234. The molecular formula is C16H25BO3. The smallest absolute Gasteiger partial charge is 0.399 e. The van der Waals surface area contributed by atoms with Gasteiger partial charge in [-0.05, 0) is 58.5 Å². The lowest BCUT2D eigenvalue weighted by atomic mass is 9.75. The van der Waals surface area contributed by atoms with Gasteiger partial charge >= 0.3 is 7.12 Å². The maximum absolute atomic E-state index is 8.90. The van der Waals surface area contributed by atoms with E-state index < -0.39 is 0 Å². The molecule has 1 heterocycles. The van der Waals surface area contributed by atoms with Gasteiger partial charge in [-0.15, -0.1) is 0 Å². The first-order chi connectivity index (χ1) is 9.27. The third-order valence-corrected chi connectivity index (χ3v) is 4.46. The minimum Gasteiger partial charge on any atom is -0.399 e. The van der Waals surface area contributed by atoms with E-state index in [0.29, 0.717) is 0 Å². The number of aryl methyl sites for hydroxylation is 2. The van der Waals surface area contributed by atoms with Gasteiger partial charge in [0.05, 0.1) is 11.2 Å². The van der Waals surface area contributed by atoms with Crippen LogP contribution in [0.1, 0.15) is 45.2 Å². The first-order valence-electron chi connectivity index (χ1n) is 7.33. The first kappa shape index (κ1) is 15.6. The fourth-order valence-electron chi connectivity index (χ4n) is 2.41. The predicted octanol–water partition coefficient (Wildman–Crippen LogP) is 2.22. The summed E-state index contributed by atoms with van der Waals surface area (Å²) in [4.78, 5) is 0. The SMILES string of the molecule is Cc1cc(CCCO)ccc1B1OC(C)(C)C(C)(C)O1. The summed E-state index contributed by atoms with van der Waals surface area (Å²) in [6.45, 7) is 10.6. The second kappa shape index (κ2) is 5.51. The Labute approximate surface area is 122 Å². The normalized spacial score (nSPS) is 20.4. The fourth-order valence-corrected chi connectivity index (χ4v) is 2.41. The maximum atomic E-state index is 8.90. The van der Waals surface area contributed by atoms with E-state index in [1.54, 1.807) is 0 Å². The topological polar surface area (TPSA) is 38.7 Å². The van der Waals surface area contributed by atoms with E-state index in [1.165, 1.54) is 11.1 Å². The second-order valence-corrected chi connectivity index (χ2v) is 6.61. The zero-order chi connectivity index (χ0) is 15.0. The number of aliphatic hydroxyl groups excluding tert-OH is 1. The molecule has 0 aliphatic carbocycles. The molecule has 0 spiro atoms. The van der Waals surface area contributed by atoms with E-state index in [9.17, 15) is 0 Å². The molecular weight excluding hydrogens is 251 g/mol. The van der Waals surface area contributed by atoms with Crippen LogP contribution in [0.15, 0.2) is 18.2 Å². The summed E-state index contributed by atoms with van der Waals surface area (Å²) in [5, 5.41) is 8.90. The van der Waals surface area contributed by atoms with Crippen LogP contribution in [0.5, 0.6) is 0 Å². The van der Waals surface area contributed by atoms with E-state index in [4.69, 9.17) is 14.4 Å². The fraction of sp³-hybridized carbons (Fsp3) is 0.625. The van der Waals surface area contributed by atoms with Crippen molar-refractivity contribution in [1.29, 1.82) is 0 Å². The van der Waals surface area contributed by atoms with Gasteiger partial charge in [0, 0.05) is 6.61 Å². The molecule has 1 aromatic rings. The van der Waals surface area contributed by atoms with Gasteiger partial charge in [-0.2, -0.15) is 0 Å². The Morgan fingerprint density at radius 3 is 2.20 bits per heavy atom. The van der Waals surface area contributed by atoms with E-state index in [2.05, 4.69) is 52.8 Å². The Morgan fingerprint density at radius 2 is 1.70 bits per heavy atom. The second-order valence-electron chi connectivity index (χ2n) is 6.61. The molecule has 0 unspecified atom stereocenters. The first-order valence-corrected chi connectivity index (χ1v) is 7.33. The van der Waals surface area contributed by atoms with Crippen molar-refractivity contribution in [3.8, 4) is 0 Å². The number of hydrogen-bond donors (Lipinski definition) is 1. The molecule has 0 saturated carbocycles. The van der Waals surface area contributed by atoms with Gasteiger partial charge in [-0.3, -0.25) is 0 Å². The number of benzene rings is 1. The molecule has 0 amide bonds. The summed E-state index contributed by atoms with van der Waals surface area (Å²) in [7, 11) is -0.299. The van der Waals surface area contributed by atoms with Crippen LogP contribution in [0.2, 0.25) is 0 Å². The summed E-state index contributed by atoms with van der Waals surface area (Å²) in [6, 6.07) is 6.35. The summed E-state index contributed by atoms with van der Waals surface area (Å²) in [5.41, 5.74) is 2.91. The highest BCUT2D eigenvalue weighted by Gasteiger charge is 2.51. The molecule has 20 heavy (non-hydrogen) atoms. The quantitative estimate of drug-likeness (QED) is 0.857. The predicted molar refractivity (Wildman–Crippen MR) is 82.3 cm³/mol. The van der Waals surface area contributed by atoms with Crippen LogP contribution in [0.3, 0.4) is 0 Å². The molecule has 1 saturated heterocycles. The van der Waals surface area contributed by atoms with Crippen molar-refractivity contribution in [3.63, 3.8) is 0 Å². The van der Waals surface area contributed by atoms with Crippen LogP contribution in [-0.2, 0) is 15.7 Å². The van der Waals surface area contributed by atoms with Crippen molar-refractivity contribution >= 4 is 12.6 Å². The Morgan fingerprint density at radius 1 is 1.10 bits per heavy atom. The lowest BCUT2D eigenvalue weighted by molar-refractivity contribution is 0.00578. The monoisotopic (exact) mass is 276 g/mol. The molecule has 0 aromatic heterocycles. The zero-order valence-corrected chi connectivity index (χ0v) is 13.2. The summed E-state index contributed by atoms with van der Waals surface area (Å²) in [6.07, 6.45) is 1.70. The summed E-state index contributed by atoms with van der Waals surface area (Å²) in [5.74, 6) is 0. The molecule has 2 rings (SSSR count). The number of aliphatic hydroxyl groups is 1. The molecule has 0 bridgehead atoms. The zero-order valence-electron chi connectivity index (χ0n) is 13.2. The number of rotatable bonds is 4. The van der Waals surface area contributed by atoms with Gasteiger partial charge in [-0.1, -0.05) is 23.8 Å². The Balaban J connectivity index is 2.19. The van der Waals surface area contributed by atoms with E-state index >= 15 is 0 Å². The van der Waals surface area contributed by atoms with Gasteiger partial charge in [-0.25, -0.2) is 0 Å². The molecule has 1 aliphatic rings. The number of hydrogen-bond acceptors (Lipinski definition) is 3. The van der Waals surface area contributed by atoms with E-state index in [0.717, 1.165) is 18.3 Å². The minimum atomic E-state index is -0.306. The highest BCUT2D eigenvalue weighted by atomic mass is 16.7. The average Bonchev–Trinajstić information content (AvgIpc) is 2.55. The lowest BCUT2D eigenvalue weighted by Crippen LogP contribution is -2.41. The largest absolute Gasteiger partial charge is 0.495 e. The van der Waals surface area contributed by atoms with Crippen molar-refractivity contribution in [2.24, 2.45) is 0 Å². The Bertz CT molecular complexity index is 467. The van der Waals surface area contributed by atoms with Gasteiger partial charge in [0.25, 0.3) is 0 Å². The van der Waals surface area contributed by atoms with Crippen LogP contribution >= 0.6 is 0 Å². The molecule has 4 heteroatoms.